The van der Waals surface area contributed by atoms with Gasteiger partial charge in [-0.3, -0.25) is 4.79 Å². The van der Waals surface area contributed by atoms with Crippen molar-refractivity contribution < 1.29 is 9.53 Å². The van der Waals surface area contributed by atoms with E-state index in [0.717, 1.165) is 26.3 Å². The van der Waals surface area contributed by atoms with Crippen molar-refractivity contribution >= 4 is 5.91 Å². The summed E-state index contributed by atoms with van der Waals surface area (Å²) in [5.74, 6) is 0.460. The second kappa shape index (κ2) is 5.15. The number of likely N-dealkylation sites (tertiary alicyclic amines) is 1. The smallest absolute Gasteiger partial charge is 0.239 e. The Kier molecular flexibility index (Phi) is 4.33. The van der Waals surface area contributed by atoms with E-state index in [1.54, 1.807) is 6.92 Å². The molecule has 94 valence electrons. The van der Waals surface area contributed by atoms with Crippen molar-refractivity contribution in [2.24, 2.45) is 17.1 Å². The van der Waals surface area contributed by atoms with E-state index in [1.165, 1.54) is 0 Å². The van der Waals surface area contributed by atoms with Gasteiger partial charge in [-0.2, -0.15) is 0 Å². The molecule has 0 aromatic carbocycles. The zero-order chi connectivity index (χ0) is 12.3. The maximum atomic E-state index is 11.8. The zero-order valence-corrected chi connectivity index (χ0v) is 10.8. The molecular weight excluding hydrogens is 204 g/mol. The van der Waals surface area contributed by atoms with Crippen LogP contribution in [0.5, 0.6) is 0 Å². The van der Waals surface area contributed by atoms with E-state index in [2.05, 4.69) is 13.8 Å². The molecule has 1 saturated heterocycles. The Hall–Kier alpha value is -0.610. The first-order valence-electron chi connectivity index (χ1n) is 6.00. The van der Waals surface area contributed by atoms with Gasteiger partial charge in [-0.05, 0) is 19.3 Å². The minimum atomic E-state index is -0.401. The summed E-state index contributed by atoms with van der Waals surface area (Å²) in [4.78, 5) is 13.7. The minimum absolute atomic E-state index is 0.0482. The molecule has 0 aliphatic carbocycles. The van der Waals surface area contributed by atoms with Gasteiger partial charge < -0.3 is 15.4 Å². The van der Waals surface area contributed by atoms with Gasteiger partial charge in [-0.1, -0.05) is 13.8 Å². The summed E-state index contributed by atoms with van der Waals surface area (Å²) in [7, 11) is 0. The minimum Gasteiger partial charge on any atom is -0.381 e. The molecule has 0 unspecified atom stereocenters. The Bertz CT molecular complexity index is 251. The highest BCUT2D eigenvalue weighted by atomic mass is 16.5. The summed E-state index contributed by atoms with van der Waals surface area (Å²) >= 11 is 0. The van der Waals surface area contributed by atoms with Crippen molar-refractivity contribution in [2.45, 2.75) is 33.7 Å². The lowest BCUT2D eigenvalue weighted by molar-refractivity contribution is -0.131. The molecule has 4 heteroatoms. The van der Waals surface area contributed by atoms with Gasteiger partial charge in [0, 0.05) is 25.6 Å². The van der Waals surface area contributed by atoms with Crippen LogP contribution in [0.4, 0.5) is 0 Å². The van der Waals surface area contributed by atoms with Gasteiger partial charge in [0.25, 0.3) is 0 Å². The Morgan fingerprint density at radius 1 is 1.62 bits per heavy atom. The highest BCUT2D eigenvalue weighted by Crippen LogP contribution is 2.35. The summed E-state index contributed by atoms with van der Waals surface area (Å²) in [6, 6.07) is -0.401. The van der Waals surface area contributed by atoms with Crippen LogP contribution in [0.1, 0.15) is 27.7 Å². The molecule has 16 heavy (non-hydrogen) atoms. The zero-order valence-electron chi connectivity index (χ0n) is 10.8. The van der Waals surface area contributed by atoms with E-state index in [4.69, 9.17) is 10.5 Å². The molecule has 0 radical (unpaired) electrons. The first-order valence-corrected chi connectivity index (χ1v) is 6.00. The molecule has 1 aliphatic rings. The molecule has 2 N–H and O–H groups in total. The van der Waals surface area contributed by atoms with Crippen molar-refractivity contribution in [3.8, 4) is 0 Å². The van der Waals surface area contributed by atoms with Gasteiger partial charge in [0.1, 0.15) is 0 Å². The Balaban J connectivity index is 2.60. The van der Waals surface area contributed by atoms with Crippen LogP contribution in [0, 0.1) is 11.3 Å². The first kappa shape index (κ1) is 13.5. The maximum Gasteiger partial charge on any atom is 0.239 e. The van der Waals surface area contributed by atoms with Gasteiger partial charge in [-0.15, -0.1) is 0 Å². The van der Waals surface area contributed by atoms with Gasteiger partial charge in [-0.25, -0.2) is 0 Å². The van der Waals surface area contributed by atoms with Gasteiger partial charge >= 0.3 is 0 Å². The number of carbonyl (C=O) groups excluding carboxylic acids is 1. The molecule has 0 spiro atoms. The SMILES string of the molecule is CCOC[C@H]1CN(C(=O)[C@@H](C)N)CC1(C)C. The van der Waals surface area contributed by atoms with Crippen molar-refractivity contribution in [3.63, 3.8) is 0 Å². The number of rotatable bonds is 4. The summed E-state index contributed by atoms with van der Waals surface area (Å²) in [5, 5.41) is 0. The van der Waals surface area contributed by atoms with Crippen LogP contribution in [0.3, 0.4) is 0 Å². The number of nitrogens with two attached hydrogens (primary N) is 1. The third kappa shape index (κ3) is 2.95. The normalized spacial score (nSPS) is 25.8. The van der Waals surface area contributed by atoms with E-state index < -0.39 is 6.04 Å². The number of amides is 1. The van der Waals surface area contributed by atoms with Crippen LogP contribution in [0.2, 0.25) is 0 Å². The third-order valence-corrected chi connectivity index (χ3v) is 3.37. The van der Waals surface area contributed by atoms with Crippen LogP contribution < -0.4 is 5.73 Å². The Morgan fingerprint density at radius 2 is 2.25 bits per heavy atom. The average Bonchev–Trinajstić information content (AvgIpc) is 2.49. The summed E-state index contributed by atoms with van der Waals surface area (Å²) < 4.78 is 5.47. The van der Waals surface area contributed by atoms with Crippen LogP contribution in [-0.2, 0) is 9.53 Å². The van der Waals surface area contributed by atoms with Crippen molar-refractivity contribution in [3.05, 3.63) is 0 Å². The van der Waals surface area contributed by atoms with E-state index in [0.29, 0.717) is 5.92 Å². The van der Waals surface area contributed by atoms with E-state index in [-0.39, 0.29) is 11.3 Å². The van der Waals surface area contributed by atoms with Crippen molar-refractivity contribution in [1.82, 2.24) is 4.90 Å². The third-order valence-electron chi connectivity index (χ3n) is 3.37. The number of carbonyl (C=O) groups is 1. The number of ether oxygens (including phenoxy) is 1. The standard InChI is InChI=1S/C12H24N2O2/c1-5-16-7-10-6-14(8-12(10,3)4)11(15)9(2)13/h9-10H,5-8,13H2,1-4H3/t9-,10-/m1/s1. The number of hydrogen-bond donors (Lipinski definition) is 1. The van der Waals surface area contributed by atoms with Gasteiger partial charge in [0.2, 0.25) is 5.91 Å². The maximum absolute atomic E-state index is 11.8. The largest absolute Gasteiger partial charge is 0.381 e. The number of hydrogen-bond acceptors (Lipinski definition) is 3. The lowest BCUT2D eigenvalue weighted by Gasteiger charge is -2.24. The highest BCUT2D eigenvalue weighted by Gasteiger charge is 2.41. The highest BCUT2D eigenvalue weighted by molar-refractivity contribution is 5.81. The molecule has 1 fully saturated rings. The molecule has 0 saturated carbocycles. The fourth-order valence-electron chi connectivity index (χ4n) is 2.19. The second-order valence-corrected chi connectivity index (χ2v) is 5.35. The summed E-state index contributed by atoms with van der Waals surface area (Å²) in [5.41, 5.74) is 5.75. The summed E-state index contributed by atoms with van der Waals surface area (Å²) in [6.07, 6.45) is 0. The van der Waals surface area contributed by atoms with Crippen molar-refractivity contribution in [1.29, 1.82) is 0 Å². The second-order valence-electron chi connectivity index (χ2n) is 5.35. The predicted octanol–water partition coefficient (Wildman–Crippen LogP) is 0.855. The fourth-order valence-corrected chi connectivity index (χ4v) is 2.19. The molecule has 2 atom stereocenters. The molecule has 1 heterocycles. The van der Waals surface area contributed by atoms with E-state index in [9.17, 15) is 4.79 Å². The van der Waals surface area contributed by atoms with Crippen LogP contribution in [0.15, 0.2) is 0 Å². The lowest BCUT2D eigenvalue weighted by Crippen LogP contribution is -2.41. The number of nitrogens with zero attached hydrogens (tertiary/aromatic N) is 1. The molecule has 1 rings (SSSR count). The van der Waals surface area contributed by atoms with Gasteiger partial charge in [0.15, 0.2) is 0 Å². The van der Waals surface area contributed by atoms with Crippen LogP contribution >= 0.6 is 0 Å². The molecule has 0 aromatic rings. The Morgan fingerprint density at radius 3 is 2.75 bits per heavy atom. The fraction of sp³-hybridized carbons (Fsp3) is 0.917. The molecular formula is C12H24N2O2. The average molecular weight is 228 g/mol. The van der Waals surface area contributed by atoms with Crippen molar-refractivity contribution in [2.75, 3.05) is 26.3 Å². The van der Waals surface area contributed by atoms with Crippen LogP contribution in [0.25, 0.3) is 0 Å². The molecule has 4 nitrogen and oxygen atoms in total. The predicted molar refractivity (Wildman–Crippen MR) is 64.0 cm³/mol. The summed E-state index contributed by atoms with van der Waals surface area (Å²) in [6.45, 7) is 11.1. The molecule has 1 aliphatic heterocycles. The quantitative estimate of drug-likeness (QED) is 0.776. The topological polar surface area (TPSA) is 55.6 Å². The first-order chi connectivity index (χ1) is 7.38. The van der Waals surface area contributed by atoms with Gasteiger partial charge in [0.05, 0.1) is 12.6 Å². The molecule has 0 bridgehead atoms. The monoisotopic (exact) mass is 228 g/mol. The molecule has 0 aromatic heterocycles. The lowest BCUT2D eigenvalue weighted by atomic mass is 9.83. The van der Waals surface area contributed by atoms with Crippen LogP contribution in [-0.4, -0.2) is 43.2 Å². The van der Waals surface area contributed by atoms with E-state index >= 15 is 0 Å². The molecule has 1 amide bonds. The van der Waals surface area contributed by atoms with E-state index in [1.807, 2.05) is 11.8 Å². The Labute approximate surface area is 98.1 Å².